The van der Waals surface area contributed by atoms with Gasteiger partial charge in [-0.15, -0.1) is 0 Å². The number of benzene rings is 3. The van der Waals surface area contributed by atoms with Crippen molar-refractivity contribution >= 4 is 18.1 Å². The van der Waals surface area contributed by atoms with E-state index in [4.69, 9.17) is 25.2 Å². The van der Waals surface area contributed by atoms with Crippen molar-refractivity contribution in [3.8, 4) is 0 Å². The first-order valence-electron chi connectivity index (χ1n) is 17.7. The molecule has 13 heteroatoms. The lowest BCUT2D eigenvalue weighted by molar-refractivity contribution is -0.148. The third-order valence-corrected chi connectivity index (χ3v) is 12.9. The van der Waals surface area contributed by atoms with Gasteiger partial charge in [0.15, 0.2) is 6.23 Å². The van der Waals surface area contributed by atoms with E-state index in [9.17, 15) is 14.2 Å². The van der Waals surface area contributed by atoms with Gasteiger partial charge < -0.3 is 14.0 Å². The molecule has 4 heterocycles. The second-order valence-electron chi connectivity index (χ2n) is 13.5. The number of rotatable bonds is 10. The van der Waals surface area contributed by atoms with E-state index in [0.717, 1.165) is 55.8 Å². The molecule has 3 fully saturated rings. The van der Waals surface area contributed by atoms with Crippen molar-refractivity contribution < 1.29 is 18.6 Å². The minimum atomic E-state index is -3.70. The highest BCUT2D eigenvalue weighted by molar-refractivity contribution is 7.83. The van der Waals surface area contributed by atoms with Gasteiger partial charge in [0.05, 0.1) is 31.5 Å². The number of halogens is 1. The highest BCUT2D eigenvalue weighted by Crippen LogP contribution is 2.57. The maximum atomic E-state index is 14.0. The van der Waals surface area contributed by atoms with Crippen LogP contribution < -0.4 is 11.2 Å². The van der Waals surface area contributed by atoms with Crippen LogP contribution in [-0.2, 0) is 24.1 Å². The quantitative estimate of drug-likeness (QED) is 0.174. The minimum absolute atomic E-state index is 0.0668. The van der Waals surface area contributed by atoms with Crippen LogP contribution in [0.2, 0.25) is 0 Å². The molecule has 3 aliphatic heterocycles. The first kappa shape index (κ1) is 36.0. The van der Waals surface area contributed by atoms with Crippen molar-refractivity contribution in [2.24, 2.45) is 0 Å². The summed E-state index contributed by atoms with van der Waals surface area (Å²) in [6, 6.07) is 31.2. The van der Waals surface area contributed by atoms with Crippen molar-refractivity contribution in [3.63, 3.8) is 0 Å². The van der Waals surface area contributed by atoms with E-state index >= 15 is 0 Å². The molecule has 2 unspecified atom stereocenters. The molecule has 0 saturated carbocycles. The zero-order chi connectivity index (χ0) is 35.4. The van der Waals surface area contributed by atoms with Gasteiger partial charge in [0, 0.05) is 57.1 Å². The highest BCUT2D eigenvalue weighted by atomic mass is 35.7. The molecule has 0 amide bonds. The van der Waals surface area contributed by atoms with Crippen LogP contribution in [0.25, 0.3) is 0 Å². The van der Waals surface area contributed by atoms with Crippen LogP contribution in [0.1, 0.15) is 41.3 Å². The minimum Gasteiger partial charge on any atom is -0.379 e. The molecule has 1 N–H and O–H groups in total. The summed E-state index contributed by atoms with van der Waals surface area (Å²) in [5.74, 6) is 0. The number of aromatic amines is 1. The fourth-order valence-electron chi connectivity index (χ4n) is 7.88. The third kappa shape index (κ3) is 7.59. The van der Waals surface area contributed by atoms with Crippen LogP contribution in [0, 0.1) is 6.92 Å². The molecule has 0 spiro atoms. The second kappa shape index (κ2) is 15.7. The lowest BCUT2D eigenvalue weighted by Gasteiger charge is -2.50. The summed E-state index contributed by atoms with van der Waals surface area (Å²) >= 11 is 6.76. The Hall–Kier alpha value is -3.38. The number of nitrogens with zero attached hydrogens (tertiary/aromatic N) is 4. The molecule has 0 bridgehead atoms. The third-order valence-electron chi connectivity index (χ3n) is 10.4. The largest absolute Gasteiger partial charge is 0.379 e. The standard InChI is InChI=1S/C38H45ClN5O6P/c1-29-25-44(37(46)40-36(29)45)35-27-42(38(30-11-5-2-6-12-30,31-13-7-3-8-14-31)32-15-9-4-10-16-32)26-34(50-35)28-49-51(39,47)43-19-17-33(18-20-43)41-21-23-48-24-22-41/h2-16,25,33-35H,17-24,26-28H2,1H3,(H,40,45,46)/t34?,35-,51?/m1/s1. The van der Waals surface area contributed by atoms with Gasteiger partial charge in [0.25, 0.3) is 5.56 Å². The molecule has 3 aliphatic rings. The number of aryl methyl sites for hydroxylation is 1. The van der Waals surface area contributed by atoms with E-state index in [1.165, 1.54) is 10.8 Å². The summed E-state index contributed by atoms with van der Waals surface area (Å²) in [5.41, 5.74) is 1.62. The van der Waals surface area contributed by atoms with Crippen molar-refractivity contribution in [3.05, 3.63) is 140 Å². The van der Waals surface area contributed by atoms with E-state index in [-0.39, 0.29) is 13.2 Å². The Morgan fingerprint density at radius 3 is 1.94 bits per heavy atom. The Morgan fingerprint density at radius 2 is 1.39 bits per heavy atom. The Morgan fingerprint density at radius 1 is 0.843 bits per heavy atom. The van der Waals surface area contributed by atoms with Crippen molar-refractivity contribution in [2.45, 2.75) is 43.7 Å². The van der Waals surface area contributed by atoms with Crippen LogP contribution in [0.3, 0.4) is 0 Å². The fourth-order valence-corrected chi connectivity index (χ4v) is 9.72. The van der Waals surface area contributed by atoms with Gasteiger partial charge in [-0.2, -0.15) is 0 Å². The lowest BCUT2D eigenvalue weighted by Crippen LogP contribution is -2.58. The van der Waals surface area contributed by atoms with E-state index in [1.54, 1.807) is 11.6 Å². The summed E-state index contributed by atoms with van der Waals surface area (Å²) in [4.78, 5) is 32.9. The number of morpholine rings is 2. The van der Waals surface area contributed by atoms with Crippen LogP contribution in [0.15, 0.2) is 107 Å². The zero-order valence-corrected chi connectivity index (χ0v) is 30.5. The van der Waals surface area contributed by atoms with Gasteiger partial charge in [-0.3, -0.25) is 28.7 Å². The van der Waals surface area contributed by atoms with E-state index < -0.39 is 36.0 Å². The van der Waals surface area contributed by atoms with Crippen LogP contribution in [0.4, 0.5) is 0 Å². The molecule has 51 heavy (non-hydrogen) atoms. The van der Waals surface area contributed by atoms with Gasteiger partial charge in [0.2, 0.25) is 0 Å². The average Bonchev–Trinajstić information content (AvgIpc) is 3.17. The average molecular weight is 734 g/mol. The number of aromatic nitrogens is 2. The molecule has 0 aliphatic carbocycles. The first-order valence-corrected chi connectivity index (χ1v) is 20.1. The second-order valence-corrected chi connectivity index (χ2v) is 16.5. The van der Waals surface area contributed by atoms with Gasteiger partial charge in [-0.1, -0.05) is 91.0 Å². The Balaban J connectivity index is 1.23. The first-order chi connectivity index (χ1) is 24.8. The molecule has 3 saturated heterocycles. The van der Waals surface area contributed by atoms with Crippen LogP contribution >= 0.6 is 18.1 Å². The van der Waals surface area contributed by atoms with Gasteiger partial charge in [0.1, 0.15) is 0 Å². The Bertz CT molecular complexity index is 1820. The number of ether oxygens (including phenoxy) is 2. The van der Waals surface area contributed by atoms with Crippen LogP contribution in [0.5, 0.6) is 0 Å². The van der Waals surface area contributed by atoms with E-state index in [1.807, 2.05) is 54.6 Å². The molecule has 1 aromatic heterocycles. The number of nitrogens with one attached hydrogen (secondary N) is 1. The summed E-state index contributed by atoms with van der Waals surface area (Å²) in [6.45, 7) is 2.95. The van der Waals surface area contributed by atoms with Crippen molar-refractivity contribution in [1.29, 1.82) is 0 Å². The predicted octanol–water partition coefficient (Wildman–Crippen LogP) is 5.20. The molecular formula is C38H45ClN5O6P. The van der Waals surface area contributed by atoms with E-state index in [2.05, 4.69) is 51.2 Å². The summed E-state index contributed by atoms with van der Waals surface area (Å²) < 4.78 is 35.5. The monoisotopic (exact) mass is 733 g/mol. The molecule has 3 atom stereocenters. The molecule has 11 nitrogen and oxygen atoms in total. The fraction of sp³-hybridized carbons (Fsp3) is 0.421. The summed E-state index contributed by atoms with van der Waals surface area (Å²) in [6.07, 6.45) is 1.77. The number of hydrogen-bond donors (Lipinski definition) is 1. The van der Waals surface area contributed by atoms with Gasteiger partial charge in [-0.05, 0) is 47.7 Å². The lowest BCUT2D eigenvalue weighted by atomic mass is 9.75. The maximum Gasteiger partial charge on any atom is 0.363 e. The summed E-state index contributed by atoms with van der Waals surface area (Å²) in [5, 5.41) is 0. The normalized spacial score (nSPS) is 22.8. The smallest absolute Gasteiger partial charge is 0.363 e. The summed E-state index contributed by atoms with van der Waals surface area (Å²) in [7, 11) is 0. The number of H-pyrrole nitrogens is 1. The van der Waals surface area contributed by atoms with Gasteiger partial charge in [-0.25, -0.2) is 9.46 Å². The molecule has 0 radical (unpaired) electrons. The topological polar surface area (TPSA) is 109 Å². The van der Waals surface area contributed by atoms with Crippen molar-refractivity contribution in [2.75, 3.05) is 59.1 Å². The van der Waals surface area contributed by atoms with E-state index in [0.29, 0.717) is 31.2 Å². The Kier molecular flexibility index (Phi) is 11.1. The maximum absolute atomic E-state index is 14.0. The Labute approximate surface area is 303 Å². The molecular weight excluding hydrogens is 689 g/mol. The number of hydrogen-bond acceptors (Lipinski definition) is 8. The molecule has 4 aromatic rings. The van der Waals surface area contributed by atoms with Crippen molar-refractivity contribution in [1.82, 2.24) is 24.0 Å². The number of piperidine rings is 1. The highest BCUT2D eigenvalue weighted by Gasteiger charge is 2.47. The van der Waals surface area contributed by atoms with Gasteiger partial charge >= 0.3 is 12.6 Å². The predicted molar refractivity (Wildman–Crippen MR) is 197 cm³/mol. The van der Waals surface area contributed by atoms with Crippen LogP contribution in [-0.4, -0.2) is 95.3 Å². The zero-order valence-electron chi connectivity index (χ0n) is 28.8. The molecule has 7 rings (SSSR count). The molecule has 3 aromatic carbocycles. The molecule has 270 valence electrons. The SMILES string of the molecule is Cc1cn([C@H]2CN(C(c3ccccc3)(c3ccccc3)c3ccccc3)CC(COP(=O)(Cl)N3CCC(N4CCOCC4)CC3)O2)c(=O)[nH]c1=O.